The molecule has 46 heavy (non-hydrogen) atoms. The summed E-state index contributed by atoms with van der Waals surface area (Å²) in [4.78, 5) is 16.2. The highest BCUT2D eigenvalue weighted by molar-refractivity contribution is 5.83. The van der Waals surface area contributed by atoms with Crippen molar-refractivity contribution in [3.8, 4) is 5.75 Å². The summed E-state index contributed by atoms with van der Waals surface area (Å²) in [7, 11) is 0. The van der Waals surface area contributed by atoms with Gasteiger partial charge in [-0.3, -0.25) is 4.79 Å². The molecule has 0 aromatic heterocycles. The number of nitrogens with zero attached hydrogens (tertiary/aromatic N) is 1. The Hall–Kier alpha value is -3.54. The van der Waals surface area contributed by atoms with Crippen molar-refractivity contribution in [3.63, 3.8) is 0 Å². The highest BCUT2D eigenvalue weighted by Gasteiger charge is 2.46. The van der Waals surface area contributed by atoms with Gasteiger partial charge in [-0.25, -0.2) is 0 Å². The summed E-state index contributed by atoms with van der Waals surface area (Å²) in [5.74, 6) is 0.928. The average molecular weight is 634 g/mol. The molecule has 6 heteroatoms. The Morgan fingerprint density at radius 2 is 1.65 bits per heavy atom. The number of halogens is 3. The van der Waals surface area contributed by atoms with Gasteiger partial charge >= 0.3 is 6.18 Å². The van der Waals surface area contributed by atoms with Gasteiger partial charge in [-0.05, 0) is 91.8 Å². The van der Waals surface area contributed by atoms with Crippen LogP contribution in [0.15, 0.2) is 91.0 Å². The van der Waals surface area contributed by atoms with Crippen LogP contribution in [-0.2, 0) is 17.4 Å². The summed E-state index contributed by atoms with van der Waals surface area (Å²) in [6.07, 6.45) is 5.32. The summed E-state index contributed by atoms with van der Waals surface area (Å²) < 4.78 is 46.6. The van der Waals surface area contributed by atoms with Crippen LogP contribution in [0.5, 0.6) is 5.75 Å². The van der Waals surface area contributed by atoms with Gasteiger partial charge in [0.05, 0.1) is 11.5 Å². The van der Waals surface area contributed by atoms with E-state index in [9.17, 15) is 18.0 Å². The number of hydrogen-bond acceptors (Lipinski definition) is 2. The number of hydrogen-bond donors (Lipinski definition) is 0. The maximum atomic E-state index is 14.2. The van der Waals surface area contributed by atoms with E-state index >= 15 is 0 Å². The fourth-order valence-electron chi connectivity index (χ4n) is 7.02. The van der Waals surface area contributed by atoms with E-state index in [0.717, 1.165) is 61.8 Å². The molecule has 1 aliphatic rings. The molecule has 4 atom stereocenters. The first-order chi connectivity index (χ1) is 21.9. The standard InChI is InChI=1S/C40H50F3NO2/c1-6-7-9-14-30(4)25-32-15-12-18-34(26-32)31(5)38(45)44-24-13-23-39(28-44,27-29(2)3)37(33-16-10-8-11-17-33)46-36-21-19-35(20-22-36)40(41,42)43/h8-12,14-22,26,29-31,37H,6-7,13,23-25,27-28H2,1-5H3. The molecule has 3 aromatic carbocycles. The van der Waals surface area contributed by atoms with Crippen LogP contribution in [-0.4, -0.2) is 23.9 Å². The molecule has 248 valence electrons. The Balaban J connectivity index is 1.61. The lowest BCUT2D eigenvalue weighted by molar-refractivity contribution is -0.139. The Labute approximate surface area is 273 Å². The number of likely N-dealkylation sites (tertiary alicyclic amines) is 1. The topological polar surface area (TPSA) is 29.5 Å². The molecule has 0 bridgehead atoms. The van der Waals surface area contributed by atoms with E-state index < -0.39 is 23.3 Å². The molecule has 1 fully saturated rings. The molecule has 0 aliphatic carbocycles. The predicted octanol–water partition coefficient (Wildman–Crippen LogP) is 10.8. The van der Waals surface area contributed by atoms with Crippen molar-refractivity contribution in [2.24, 2.45) is 17.3 Å². The average Bonchev–Trinajstić information content (AvgIpc) is 3.03. The number of ether oxygens (including phenoxy) is 1. The minimum Gasteiger partial charge on any atom is -0.485 e. The molecule has 4 rings (SSSR count). The van der Waals surface area contributed by atoms with Crippen LogP contribution in [0, 0.1) is 17.3 Å². The van der Waals surface area contributed by atoms with Gasteiger partial charge in [0.1, 0.15) is 11.9 Å². The molecule has 0 N–H and O–H groups in total. The Bertz CT molecular complexity index is 1420. The quantitative estimate of drug-likeness (QED) is 0.175. The first-order valence-corrected chi connectivity index (χ1v) is 16.8. The van der Waals surface area contributed by atoms with Gasteiger partial charge in [0, 0.05) is 18.5 Å². The third kappa shape index (κ3) is 9.27. The number of unbranched alkanes of at least 4 members (excludes halogenated alkanes) is 1. The molecule has 0 spiro atoms. The second kappa shape index (κ2) is 15.8. The zero-order valence-corrected chi connectivity index (χ0v) is 28.0. The number of allylic oxidation sites excluding steroid dienone is 2. The zero-order valence-electron chi connectivity index (χ0n) is 28.0. The molecular weight excluding hydrogens is 583 g/mol. The monoisotopic (exact) mass is 633 g/mol. The molecule has 3 nitrogen and oxygen atoms in total. The van der Waals surface area contributed by atoms with Gasteiger partial charge in [0.15, 0.2) is 0 Å². The van der Waals surface area contributed by atoms with Crippen LogP contribution in [0.4, 0.5) is 13.2 Å². The lowest BCUT2D eigenvalue weighted by Gasteiger charge is -2.48. The van der Waals surface area contributed by atoms with Gasteiger partial charge < -0.3 is 9.64 Å². The maximum absolute atomic E-state index is 14.2. The normalized spacial score (nSPS) is 19.3. The van der Waals surface area contributed by atoms with E-state index in [0.29, 0.717) is 30.7 Å². The highest BCUT2D eigenvalue weighted by Crippen LogP contribution is 2.49. The van der Waals surface area contributed by atoms with Crippen LogP contribution in [0.3, 0.4) is 0 Å². The molecule has 0 radical (unpaired) electrons. The van der Waals surface area contributed by atoms with Gasteiger partial charge in [-0.2, -0.15) is 13.2 Å². The highest BCUT2D eigenvalue weighted by atomic mass is 19.4. The van der Waals surface area contributed by atoms with Gasteiger partial charge in [0.2, 0.25) is 5.91 Å². The van der Waals surface area contributed by atoms with Crippen molar-refractivity contribution in [1.29, 1.82) is 0 Å². The van der Waals surface area contributed by atoms with Crippen LogP contribution < -0.4 is 4.74 Å². The van der Waals surface area contributed by atoms with Crippen LogP contribution >= 0.6 is 0 Å². The Morgan fingerprint density at radius 3 is 2.30 bits per heavy atom. The van der Waals surface area contributed by atoms with Crippen molar-refractivity contribution in [3.05, 3.63) is 113 Å². The number of amides is 1. The van der Waals surface area contributed by atoms with Crippen molar-refractivity contribution in [2.75, 3.05) is 13.1 Å². The van der Waals surface area contributed by atoms with E-state index in [1.165, 1.54) is 17.7 Å². The fraction of sp³-hybridized carbons (Fsp3) is 0.475. The molecule has 1 aliphatic heterocycles. The van der Waals surface area contributed by atoms with Crippen molar-refractivity contribution in [2.45, 2.75) is 91.3 Å². The van der Waals surface area contributed by atoms with Crippen LogP contribution in [0.2, 0.25) is 0 Å². The lowest BCUT2D eigenvalue weighted by atomic mass is 9.68. The Morgan fingerprint density at radius 1 is 0.957 bits per heavy atom. The molecule has 1 heterocycles. The number of rotatable bonds is 13. The third-order valence-corrected chi connectivity index (χ3v) is 9.13. The summed E-state index contributed by atoms with van der Waals surface area (Å²) in [5.41, 5.74) is 2.08. The third-order valence-electron chi connectivity index (χ3n) is 9.13. The fourth-order valence-corrected chi connectivity index (χ4v) is 7.02. The summed E-state index contributed by atoms with van der Waals surface area (Å²) in [6.45, 7) is 11.9. The van der Waals surface area contributed by atoms with E-state index in [1.54, 1.807) is 0 Å². The zero-order chi connectivity index (χ0) is 33.3. The van der Waals surface area contributed by atoms with E-state index in [4.69, 9.17) is 4.74 Å². The summed E-state index contributed by atoms with van der Waals surface area (Å²) in [5, 5.41) is 0. The number of carbonyl (C=O) groups excluding carboxylic acids is 1. The second-order valence-corrected chi connectivity index (χ2v) is 13.6. The maximum Gasteiger partial charge on any atom is 0.416 e. The van der Waals surface area contributed by atoms with E-state index in [2.05, 4.69) is 64.1 Å². The summed E-state index contributed by atoms with van der Waals surface area (Å²) >= 11 is 0. The van der Waals surface area contributed by atoms with Gasteiger partial charge in [-0.15, -0.1) is 0 Å². The first kappa shape index (κ1) is 35.3. The second-order valence-electron chi connectivity index (χ2n) is 13.6. The molecule has 0 saturated carbocycles. The molecule has 1 amide bonds. The van der Waals surface area contributed by atoms with Crippen LogP contribution in [0.1, 0.15) is 101 Å². The van der Waals surface area contributed by atoms with Crippen molar-refractivity contribution < 1.29 is 22.7 Å². The lowest BCUT2D eigenvalue weighted by Crippen LogP contribution is -2.51. The SMILES string of the molecule is CCCC=CC(C)Cc1cccc(C(C)C(=O)N2CCCC(CC(C)C)(C(Oc3ccc(C(F)(F)F)cc3)c3ccccc3)C2)c1. The van der Waals surface area contributed by atoms with E-state index in [1.807, 2.05) is 42.2 Å². The molecular formula is C40H50F3NO2. The number of piperidine rings is 1. The smallest absolute Gasteiger partial charge is 0.416 e. The van der Waals surface area contributed by atoms with Gasteiger partial charge in [0.25, 0.3) is 0 Å². The predicted molar refractivity (Wildman–Crippen MR) is 181 cm³/mol. The van der Waals surface area contributed by atoms with Crippen molar-refractivity contribution >= 4 is 5.91 Å². The van der Waals surface area contributed by atoms with E-state index in [-0.39, 0.29) is 11.8 Å². The Kier molecular flexibility index (Phi) is 12.2. The molecule has 1 saturated heterocycles. The van der Waals surface area contributed by atoms with Crippen LogP contribution in [0.25, 0.3) is 0 Å². The van der Waals surface area contributed by atoms with Gasteiger partial charge in [-0.1, -0.05) is 101 Å². The first-order valence-electron chi connectivity index (χ1n) is 16.8. The number of alkyl halides is 3. The minimum absolute atomic E-state index is 0.0993. The number of carbonyl (C=O) groups is 1. The minimum atomic E-state index is -4.42. The number of benzene rings is 3. The largest absolute Gasteiger partial charge is 0.485 e. The summed E-state index contributed by atoms with van der Waals surface area (Å²) in [6, 6.07) is 23.3. The molecule has 3 aromatic rings. The van der Waals surface area contributed by atoms with Crippen molar-refractivity contribution in [1.82, 2.24) is 4.90 Å². The molecule has 4 unspecified atom stereocenters.